The first-order chi connectivity index (χ1) is 8.92. The van der Waals surface area contributed by atoms with Crippen molar-refractivity contribution >= 4 is 0 Å². The summed E-state index contributed by atoms with van der Waals surface area (Å²) in [6.07, 6.45) is 4.15. The summed E-state index contributed by atoms with van der Waals surface area (Å²) in [6.45, 7) is 0. The van der Waals surface area contributed by atoms with E-state index in [0.29, 0.717) is 12.3 Å². The first-order valence-corrected chi connectivity index (χ1v) is 5.82. The Morgan fingerprint density at radius 1 is 0.889 bits per heavy atom. The average molecular weight is 236 g/mol. The lowest BCUT2D eigenvalue weighted by Gasteiger charge is -1.96. The number of oxazole rings is 1. The second-order valence-corrected chi connectivity index (χ2v) is 3.98. The summed E-state index contributed by atoms with van der Waals surface area (Å²) in [6, 6.07) is 15.8. The highest BCUT2D eigenvalue weighted by Crippen LogP contribution is 2.20. The van der Waals surface area contributed by atoms with E-state index in [1.54, 1.807) is 12.4 Å². The molecule has 3 nitrogen and oxygen atoms in total. The van der Waals surface area contributed by atoms with Crippen LogP contribution in [0.2, 0.25) is 0 Å². The SMILES string of the molecule is c1ccc(-c2cnc(Cc3ccccn3)o2)cc1. The minimum Gasteiger partial charge on any atom is -0.440 e. The van der Waals surface area contributed by atoms with Gasteiger partial charge in [-0.25, -0.2) is 4.98 Å². The molecule has 0 N–H and O–H groups in total. The third-order valence-electron chi connectivity index (χ3n) is 2.67. The number of benzene rings is 1. The molecular weight excluding hydrogens is 224 g/mol. The molecular formula is C15H12N2O. The molecule has 0 fully saturated rings. The van der Waals surface area contributed by atoms with Gasteiger partial charge in [-0.05, 0) is 12.1 Å². The summed E-state index contributed by atoms with van der Waals surface area (Å²) in [5, 5.41) is 0. The Labute approximate surface area is 105 Å². The number of rotatable bonds is 3. The molecule has 3 heteroatoms. The fraction of sp³-hybridized carbons (Fsp3) is 0.0667. The Morgan fingerprint density at radius 3 is 2.50 bits per heavy atom. The Hall–Kier alpha value is -2.42. The normalized spacial score (nSPS) is 10.4. The summed E-state index contributed by atoms with van der Waals surface area (Å²) < 4.78 is 5.72. The topological polar surface area (TPSA) is 38.9 Å². The quantitative estimate of drug-likeness (QED) is 0.700. The second-order valence-electron chi connectivity index (χ2n) is 3.98. The summed E-state index contributed by atoms with van der Waals surface area (Å²) in [5.74, 6) is 1.48. The molecule has 0 amide bonds. The molecule has 0 unspecified atom stereocenters. The largest absolute Gasteiger partial charge is 0.440 e. The van der Waals surface area contributed by atoms with Gasteiger partial charge in [-0.3, -0.25) is 4.98 Å². The van der Waals surface area contributed by atoms with E-state index in [1.165, 1.54) is 0 Å². The summed E-state index contributed by atoms with van der Waals surface area (Å²) >= 11 is 0. The molecule has 88 valence electrons. The van der Waals surface area contributed by atoms with E-state index >= 15 is 0 Å². The molecule has 3 aromatic rings. The third-order valence-corrected chi connectivity index (χ3v) is 2.67. The Morgan fingerprint density at radius 2 is 1.72 bits per heavy atom. The van der Waals surface area contributed by atoms with E-state index in [-0.39, 0.29) is 0 Å². The molecule has 0 saturated heterocycles. The monoisotopic (exact) mass is 236 g/mol. The highest BCUT2D eigenvalue weighted by molar-refractivity contribution is 5.55. The van der Waals surface area contributed by atoms with E-state index < -0.39 is 0 Å². The van der Waals surface area contributed by atoms with Crippen molar-refractivity contribution in [3.05, 3.63) is 72.5 Å². The van der Waals surface area contributed by atoms with Gasteiger partial charge in [-0.15, -0.1) is 0 Å². The lowest BCUT2D eigenvalue weighted by molar-refractivity contribution is 0.517. The molecule has 0 radical (unpaired) electrons. The van der Waals surface area contributed by atoms with Crippen molar-refractivity contribution in [1.29, 1.82) is 0 Å². The minimum absolute atomic E-state index is 0.619. The molecule has 18 heavy (non-hydrogen) atoms. The van der Waals surface area contributed by atoms with Gasteiger partial charge in [0.05, 0.1) is 12.6 Å². The van der Waals surface area contributed by atoms with Crippen molar-refractivity contribution in [3.63, 3.8) is 0 Å². The van der Waals surface area contributed by atoms with E-state index in [9.17, 15) is 0 Å². The van der Waals surface area contributed by atoms with Crippen LogP contribution in [0.5, 0.6) is 0 Å². The fourth-order valence-corrected chi connectivity index (χ4v) is 1.79. The van der Waals surface area contributed by atoms with Crippen LogP contribution in [0.25, 0.3) is 11.3 Å². The first-order valence-electron chi connectivity index (χ1n) is 5.82. The molecule has 1 aromatic carbocycles. The van der Waals surface area contributed by atoms with Crippen LogP contribution >= 0.6 is 0 Å². The summed E-state index contributed by atoms with van der Waals surface area (Å²) in [4.78, 5) is 8.54. The smallest absolute Gasteiger partial charge is 0.200 e. The standard InChI is InChI=1S/C15H12N2O/c1-2-6-12(7-3-1)14-11-17-15(18-14)10-13-8-4-5-9-16-13/h1-9,11H,10H2. The number of pyridine rings is 1. The summed E-state index contributed by atoms with van der Waals surface area (Å²) in [7, 11) is 0. The molecule has 0 atom stereocenters. The minimum atomic E-state index is 0.619. The van der Waals surface area contributed by atoms with Crippen molar-refractivity contribution in [2.45, 2.75) is 6.42 Å². The molecule has 3 rings (SSSR count). The van der Waals surface area contributed by atoms with Crippen LogP contribution in [-0.4, -0.2) is 9.97 Å². The molecule has 0 saturated carbocycles. The fourth-order valence-electron chi connectivity index (χ4n) is 1.79. The molecule has 0 aliphatic rings. The van der Waals surface area contributed by atoms with Crippen LogP contribution in [0, 0.1) is 0 Å². The Balaban J connectivity index is 1.82. The maximum atomic E-state index is 5.72. The predicted molar refractivity (Wildman–Crippen MR) is 69.0 cm³/mol. The lowest BCUT2D eigenvalue weighted by atomic mass is 10.2. The van der Waals surface area contributed by atoms with E-state index in [1.807, 2.05) is 48.5 Å². The zero-order valence-corrected chi connectivity index (χ0v) is 9.78. The van der Waals surface area contributed by atoms with Crippen molar-refractivity contribution in [2.24, 2.45) is 0 Å². The van der Waals surface area contributed by atoms with Crippen LogP contribution in [0.1, 0.15) is 11.6 Å². The number of hydrogen-bond acceptors (Lipinski definition) is 3. The van der Waals surface area contributed by atoms with E-state index in [4.69, 9.17) is 4.42 Å². The van der Waals surface area contributed by atoms with Crippen LogP contribution in [0.15, 0.2) is 65.3 Å². The summed E-state index contributed by atoms with van der Waals surface area (Å²) in [5.41, 5.74) is 2.00. The molecule has 0 spiro atoms. The van der Waals surface area contributed by atoms with Gasteiger partial charge >= 0.3 is 0 Å². The zero-order valence-electron chi connectivity index (χ0n) is 9.78. The van der Waals surface area contributed by atoms with Gasteiger partial charge in [0.2, 0.25) is 5.89 Å². The molecule has 2 aromatic heterocycles. The predicted octanol–water partition coefficient (Wildman–Crippen LogP) is 3.33. The van der Waals surface area contributed by atoms with E-state index in [2.05, 4.69) is 9.97 Å². The lowest BCUT2D eigenvalue weighted by Crippen LogP contribution is -1.90. The maximum absolute atomic E-state index is 5.72. The van der Waals surface area contributed by atoms with Crippen LogP contribution in [0.3, 0.4) is 0 Å². The average Bonchev–Trinajstić information content (AvgIpc) is 2.89. The van der Waals surface area contributed by atoms with E-state index in [0.717, 1.165) is 17.0 Å². The number of hydrogen-bond donors (Lipinski definition) is 0. The van der Waals surface area contributed by atoms with Gasteiger partial charge in [-0.1, -0.05) is 36.4 Å². The van der Waals surface area contributed by atoms with Crippen molar-refractivity contribution in [3.8, 4) is 11.3 Å². The van der Waals surface area contributed by atoms with Crippen molar-refractivity contribution in [2.75, 3.05) is 0 Å². The van der Waals surface area contributed by atoms with Crippen molar-refractivity contribution < 1.29 is 4.42 Å². The molecule has 2 heterocycles. The van der Waals surface area contributed by atoms with Crippen LogP contribution in [0.4, 0.5) is 0 Å². The van der Waals surface area contributed by atoms with Crippen LogP contribution < -0.4 is 0 Å². The first kappa shape index (κ1) is 10.7. The van der Waals surface area contributed by atoms with Gasteiger partial charge in [0.1, 0.15) is 0 Å². The van der Waals surface area contributed by atoms with Gasteiger partial charge in [0, 0.05) is 17.5 Å². The second kappa shape index (κ2) is 4.84. The van der Waals surface area contributed by atoms with Gasteiger partial charge in [0.25, 0.3) is 0 Å². The molecule has 0 bridgehead atoms. The highest BCUT2D eigenvalue weighted by Gasteiger charge is 2.06. The van der Waals surface area contributed by atoms with Gasteiger partial charge < -0.3 is 4.42 Å². The van der Waals surface area contributed by atoms with Crippen LogP contribution in [-0.2, 0) is 6.42 Å². The molecule has 0 aliphatic heterocycles. The number of nitrogens with zero attached hydrogens (tertiary/aromatic N) is 2. The Bertz CT molecular complexity index is 617. The Kier molecular flexibility index (Phi) is 2.88. The van der Waals surface area contributed by atoms with Crippen molar-refractivity contribution in [1.82, 2.24) is 9.97 Å². The maximum Gasteiger partial charge on any atom is 0.200 e. The van der Waals surface area contributed by atoms with Gasteiger partial charge in [0.15, 0.2) is 5.76 Å². The third kappa shape index (κ3) is 2.30. The number of aromatic nitrogens is 2. The molecule has 0 aliphatic carbocycles. The van der Waals surface area contributed by atoms with Gasteiger partial charge in [-0.2, -0.15) is 0 Å². The highest BCUT2D eigenvalue weighted by atomic mass is 16.4. The zero-order chi connectivity index (χ0) is 12.2.